The number of aliphatic hydroxyl groups is 1. The largest absolute Gasteiger partial charge is 0.495 e. The molecule has 0 bridgehead atoms. The van der Waals surface area contributed by atoms with Crippen LogP contribution in [-0.4, -0.2) is 103 Å². The lowest BCUT2D eigenvalue weighted by Crippen LogP contribution is -2.16. The van der Waals surface area contributed by atoms with Gasteiger partial charge in [-0.3, -0.25) is 9.59 Å². The standard InChI is InChI=1S/C29H27N9O3.C27H23N9O2/c1-37-21-6-4-3-5-17(21)13-22(37)29(40)35-20-8-7-18(14-23(20)41-2)26-25-27(30)33-16-34-28(25)38(36-26)24-15-19(9-10-32-24)31-11-12-39;1-35-19-6-4-3-5-15(19)11-20(35)27(37)33-18-9-7-16(12-21(18)38-2)24-23-25(29)31-14-32-26(23)36(34-24)17-8-10-22(28)30-13-17/h3-10,13-16,39H,11-12H2,1-2H3,(H,31,32)(H,35,40)(H2,30,33,34);3-14H,1-2H3,(H2,28,30)(H,33,37)(H2,29,31,32). The normalized spacial score (nSPS) is 11.2. The van der Waals surface area contributed by atoms with Crippen molar-refractivity contribution in [2.45, 2.75) is 0 Å². The SMILES string of the molecule is COc1cc(-c2nn(-c3cc(NCCO)ccn3)c3ncnc(N)c23)ccc1NC(=O)c1cc2ccccc2n1C.COc1cc(-c2nn(-c3ccc(N)nc3)c3ncnc(N)c23)ccc1NC(=O)c1cc2ccccc2n1C. The molecule has 4 aromatic carbocycles. The summed E-state index contributed by atoms with van der Waals surface area (Å²) in [5.41, 5.74) is 27.2. The van der Waals surface area contributed by atoms with Crippen LogP contribution in [0.5, 0.6) is 11.5 Å². The summed E-state index contributed by atoms with van der Waals surface area (Å²) in [6.45, 7) is 0.392. The van der Waals surface area contributed by atoms with Gasteiger partial charge in [0, 0.05) is 71.5 Å². The Morgan fingerprint density at radius 3 is 1.63 bits per heavy atom. The number of nitrogens with one attached hydrogen (secondary N) is 3. The number of rotatable bonds is 13. The molecule has 23 nitrogen and oxygen atoms in total. The van der Waals surface area contributed by atoms with Crippen molar-refractivity contribution in [2.75, 3.05) is 60.5 Å². The first kappa shape index (κ1) is 50.2. The molecule has 0 fully saturated rings. The van der Waals surface area contributed by atoms with Crippen LogP contribution < -0.4 is 42.6 Å². The molecule has 0 spiro atoms. The molecule has 12 rings (SSSR count). The topological polar surface area (TPSA) is 310 Å². The van der Waals surface area contributed by atoms with Crippen molar-refractivity contribution in [2.24, 2.45) is 14.1 Å². The Morgan fingerprint density at radius 1 is 0.595 bits per heavy atom. The number of anilines is 6. The van der Waals surface area contributed by atoms with E-state index in [2.05, 4.69) is 45.9 Å². The van der Waals surface area contributed by atoms with Crippen LogP contribution in [0.25, 0.3) is 77.9 Å². The Labute approximate surface area is 449 Å². The van der Waals surface area contributed by atoms with E-state index in [1.54, 1.807) is 77.4 Å². The Kier molecular flexibility index (Phi) is 13.3. The van der Waals surface area contributed by atoms with Gasteiger partial charge in [-0.15, -0.1) is 0 Å². The first-order valence-electron chi connectivity index (χ1n) is 24.5. The van der Waals surface area contributed by atoms with Gasteiger partial charge in [-0.25, -0.2) is 34.6 Å². The maximum absolute atomic E-state index is 13.2. The van der Waals surface area contributed by atoms with Crippen LogP contribution in [0, 0.1) is 0 Å². The van der Waals surface area contributed by atoms with E-state index in [1.807, 2.05) is 96.0 Å². The molecule has 0 aliphatic rings. The molecule has 2 amide bonds. The third-order valence-corrected chi connectivity index (χ3v) is 13.2. The fraction of sp³-hybridized carbons (Fsp3) is 0.107. The highest BCUT2D eigenvalue weighted by Gasteiger charge is 2.24. The monoisotopic (exact) mass is 1050 g/mol. The number of methoxy groups -OCH3 is 2. The average molecular weight is 1060 g/mol. The van der Waals surface area contributed by atoms with Crippen molar-refractivity contribution < 1.29 is 24.2 Å². The van der Waals surface area contributed by atoms with Crippen LogP contribution in [0.1, 0.15) is 21.0 Å². The Hall–Kier alpha value is -10.9. The molecule has 8 aromatic heterocycles. The molecular weight excluding hydrogens is 1000 g/mol. The zero-order chi connectivity index (χ0) is 54.9. The molecule has 0 saturated carbocycles. The zero-order valence-electron chi connectivity index (χ0n) is 42.9. The van der Waals surface area contributed by atoms with E-state index in [-0.39, 0.29) is 30.1 Å². The van der Waals surface area contributed by atoms with E-state index in [4.69, 9.17) is 42.0 Å². The van der Waals surface area contributed by atoms with E-state index in [0.717, 1.165) is 27.5 Å². The number of hydrogen-bond donors (Lipinski definition) is 7. The molecular formula is C56H50N18O5. The number of nitrogens with two attached hydrogens (primary N) is 3. The van der Waals surface area contributed by atoms with Gasteiger partial charge in [0.15, 0.2) is 17.1 Å². The summed E-state index contributed by atoms with van der Waals surface area (Å²) in [4.78, 5) is 52.2. The van der Waals surface area contributed by atoms with Crippen LogP contribution in [-0.2, 0) is 14.1 Å². The molecule has 12 aromatic rings. The lowest BCUT2D eigenvalue weighted by molar-refractivity contribution is 0.101. The molecule has 0 aliphatic heterocycles. The van der Waals surface area contributed by atoms with Crippen molar-refractivity contribution in [3.8, 4) is 45.5 Å². The van der Waals surface area contributed by atoms with Crippen molar-refractivity contribution >= 4 is 90.2 Å². The third-order valence-electron chi connectivity index (χ3n) is 13.2. The van der Waals surface area contributed by atoms with E-state index in [0.29, 0.717) is 103 Å². The van der Waals surface area contributed by atoms with Crippen LogP contribution in [0.2, 0.25) is 0 Å². The molecule has 23 heteroatoms. The molecule has 394 valence electrons. The van der Waals surface area contributed by atoms with Gasteiger partial charge in [0.05, 0.1) is 54.9 Å². The van der Waals surface area contributed by atoms with Gasteiger partial charge >= 0.3 is 0 Å². The molecule has 0 radical (unpaired) electrons. The summed E-state index contributed by atoms with van der Waals surface area (Å²) in [7, 11) is 6.80. The summed E-state index contributed by atoms with van der Waals surface area (Å²) in [5.74, 6) is 1.84. The highest BCUT2D eigenvalue weighted by atomic mass is 16.5. The predicted molar refractivity (Wildman–Crippen MR) is 303 cm³/mol. The van der Waals surface area contributed by atoms with Gasteiger partial charge in [0.2, 0.25) is 0 Å². The van der Waals surface area contributed by atoms with Crippen molar-refractivity contribution in [1.82, 2.24) is 58.6 Å². The molecule has 8 heterocycles. The maximum atomic E-state index is 13.2. The second-order valence-electron chi connectivity index (χ2n) is 18.0. The second-order valence-corrected chi connectivity index (χ2v) is 18.0. The summed E-state index contributed by atoms with van der Waals surface area (Å²) in [6.07, 6.45) is 6.01. The van der Waals surface area contributed by atoms with Gasteiger partial charge in [-0.1, -0.05) is 48.5 Å². The van der Waals surface area contributed by atoms with Gasteiger partial charge < -0.3 is 56.9 Å². The molecule has 0 unspecified atom stereocenters. The van der Waals surface area contributed by atoms with Crippen molar-refractivity contribution in [3.63, 3.8) is 0 Å². The number of pyridine rings is 2. The van der Waals surface area contributed by atoms with Crippen LogP contribution in [0.15, 0.2) is 146 Å². The van der Waals surface area contributed by atoms with Gasteiger partial charge in [0.1, 0.15) is 64.4 Å². The number of fused-ring (bicyclic) bond motifs is 4. The van der Waals surface area contributed by atoms with E-state index >= 15 is 0 Å². The number of aliphatic hydroxyl groups excluding tert-OH is 1. The minimum absolute atomic E-state index is 0.00348. The summed E-state index contributed by atoms with van der Waals surface area (Å²) >= 11 is 0. The number of aromatic nitrogens is 12. The van der Waals surface area contributed by atoms with Gasteiger partial charge in [-0.2, -0.15) is 14.9 Å². The quantitative estimate of drug-likeness (QED) is 0.0591. The highest BCUT2D eigenvalue weighted by molar-refractivity contribution is 6.09. The van der Waals surface area contributed by atoms with E-state index in [9.17, 15) is 9.59 Å². The fourth-order valence-corrected chi connectivity index (χ4v) is 9.33. The Balaban J connectivity index is 0.000000168. The number of hydrogen-bond acceptors (Lipinski definition) is 17. The summed E-state index contributed by atoms with van der Waals surface area (Å²) in [5, 5.41) is 30.9. The zero-order valence-corrected chi connectivity index (χ0v) is 42.9. The average Bonchev–Trinajstić information content (AvgIpc) is 4.47. The number of nitrogen functional groups attached to an aromatic ring is 3. The minimum atomic E-state index is -0.261. The minimum Gasteiger partial charge on any atom is -0.495 e. The predicted octanol–water partition coefficient (Wildman–Crippen LogP) is 7.41. The first-order chi connectivity index (χ1) is 38.4. The fourth-order valence-electron chi connectivity index (χ4n) is 9.33. The van der Waals surface area contributed by atoms with E-state index in [1.165, 1.54) is 19.8 Å². The highest BCUT2D eigenvalue weighted by Crippen LogP contribution is 2.38. The number of amides is 2. The number of carbonyl (C=O) groups excluding carboxylic acids is 2. The number of aryl methyl sites for hydroxylation is 2. The molecule has 0 saturated heterocycles. The number of benzene rings is 4. The van der Waals surface area contributed by atoms with Crippen LogP contribution in [0.3, 0.4) is 0 Å². The lowest BCUT2D eigenvalue weighted by atomic mass is 10.1. The summed E-state index contributed by atoms with van der Waals surface area (Å²) in [6, 6.07) is 37.2. The van der Waals surface area contributed by atoms with Crippen LogP contribution >= 0.6 is 0 Å². The molecule has 0 atom stereocenters. The third kappa shape index (κ3) is 9.48. The lowest BCUT2D eigenvalue weighted by Gasteiger charge is -2.12. The Bertz CT molecular complexity index is 4300. The number of nitrogens with zero attached hydrogens (tertiary/aromatic N) is 12. The molecule has 79 heavy (non-hydrogen) atoms. The van der Waals surface area contributed by atoms with Gasteiger partial charge in [0.25, 0.3) is 11.8 Å². The number of para-hydroxylation sites is 2. The maximum Gasteiger partial charge on any atom is 0.272 e. The smallest absolute Gasteiger partial charge is 0.272 e. The first-order valence-corrected chi connectivity index (χ1v) is 24.5. The van der Waals surface area contributed by atoms with Crippen molar-refractivity contribution in [1.29, 1.82) is 0 Å². The Morgan fingerprint density at radius 2 is 1.13 bits per heavy atom. The summed E-state index contributed by atoms with van der Waals surface area (Å²) < 4.78 is 18.2. The van der Waals surface area contributed by atoms with E-state index < -0.39 is 0 Å². The number of ether oxygens (including phenoxy) is 2. The molecule has 0 aliphatic carbocycles. The number of carbonyl (C=O) groups is 2. The van der Waals surface area contributed by atoms with Crippen molar-refractivity contribution in [3.05, 3.63) is 158 Å². The van der Waals surface area contributed by atoms with Gasteiger partial charge in [-0.05, 0) is 66.7 Å². The second kappa shape index (κ2) is 21.0. The van der Waals surface area contributed by atoms with Crippen LogP contribution in [0.4, 0.5) is 34.5 Å². The molecule has 10 N–H and O–H groups in total.